The molecule has 8 nitrogen and oxygen atoms in total. The van der Waals surface area contributed by atoms with Gasteiger partial charge < -0.3 is 23.2 Å². The average molecular weight is 728 g/mol. The topological polar surface area (TPSA) is 124 Å². The van der Waals surface area contributed by atoms with Crippen molar-refractivity contribution >= 4 is 10.4 Å². The van der Waals surface area contributed by atoms with Crippen molar-refractivity contribution in [1.82, 2.24) is 0 Å². The number of hydrogen-bond donors (Lipinski definition) is 1. The predicted molar refractivity (Wildman–Crippen MR) is 211 cm³/mol. The van der Waals surface area contributed by atoms with Gasteiger partial charge in [0.25, 0.3) is 0 Å². The molecular formula is C41H81N3O5S. The lowest BCUT2D eigenvalue weighted by molar-refractivity contribution is -0.929. The third-order valence-corrected chi connectivity index (χ3v) is 9.37. The lowest BCUT2D eigenvalue weighted by Gasteiger charge is -2.39. The van der Waals surface area contributed by atoms with Crippen LogP contribution in [0.1, 0.15) is 169 Å². The van der Waals surface area contributed by atoms with Gasteiger partial charge >= 0.3 is 0 Å². The number of benzene rings is 1. The van der Waals surface area contributed by atoms with E-state index in [-0.39, 0.29) is 6.61 Å². The quantitative estimate of drug-likeness (QED) is 0.0576. The van der Waals surface area contributed by atoms with Gasteiger partial charge in [0.1, 0.15) is 0 Å². The highest BCUT2D eigenvalue weighted by Crippen LogP contribution is 2.17. The SMILES string of the molecule is CCCC[N+](CCCC)(CCCC)CCCC.CCCC[N+](CCCC)(CCCC)CCCC.N#Cc1ccc(CCO)cc1.O=S(=O)([O-])[O-]. The summed E-state index contributed by atoms with van der Waals surface area (Å²) < 4.78 is 36.9. The van der Waals surface area contributed by atoms with E-state index in [4.69, 9.17) is 27.9 Å². The zero-order valence-electron chi connectivity index (χ0n) is 34.0. The average Bonchev–Trinajstić information content (AvgIpc) is 3.10. The van der Waals surface area contributed by atoms with Gasteiger partial charge in [-0.05, 0) is 75.5 Å². The van der Waals surface area contributed by atoms with Gasteiger partial charge in [0.05, 0.1) is 64.0 Å². The number of aliphatic hydroxyl groups is 1. The Morgan fingerprint density at radius 3 is 0.920 bits per heavy atom. The van der Waals surface area contributed by atoms with Gasteiger partial charge in [-0.3, -0.25) is 8.42 Å². The maximum absolute atomic E-state index is 8.58. The summed E-state index contributed by atoms with van der Waals surface area (Å²) in [6, 6.07) is 9.26. The minimum absolute atomic E-state index is 0.159. The second-order valence-electron chi connectivity index (χ2n) is 14.0. The highest BCUT2D eigenvalue weighted by molar-refractivity contribution is 7.79. The Labute approximate surface area is 311 Å². The molecule has 1 rings (SSSR count). The molecule has 0 saturated carbocycles. The second-order valence-corrected chi connectivity index (χ2v) is 14.8. The van der Waals surface area contributed by atoms with Crippen molar-refractivity contribution < 1.29 is 31.6 Å². The van der Waals surface area contributed by atoms with E-state index in [1.165, 1.54) is 164 Å². The van der Waals surface area contributed by atoms with Crippen LogP contribution in [0.5, 0.6) is 0 Å². The zero-order chi connectivity index (χ0) is 38.6. The van der Waals surface area contributed by atoms with Crippen molar-refractivity contribution in [3.8, 4) is 6.07 Å². The second kappa shape index (κ2) is 35.8. The van der Waals surface area contributed by atoms with E-state index in [2.05, 4.69) is 55.4 Å². The van der Waals surface area contributed by atoms with Crippen molar-refractivity contribution in [3.05, 3.63) is 35.4 Å². The van der Waals surface area contributed by atoms with Crippen LogP contribution in [0, 0.1) is 11.3 Å². The van der Waals surface area contributed by atoms with E-state index in [1.54, 1.807) is 12.1 Å². The van der Waals surface area contributed by atoms with Crippen LogP contribution >= 0.6 is 0 Å². The summed E-state index contributed by atoms with van der Waals surface area (Å²) in [5, 5.41) is 17.0. The fourth-order valence-electron chi connectivity index (χ4n) is 6.16. The van der Waals surface area contributed by atoms with E-state index < -0.39 is 10.4 Å². The molecule has 0 fully saturated rings. The summed E-state index contributed by atoms with van der Waals surface area (Å²) in [5.74, 6) is 0. The monoisotopic (exact) mass is 728 g/mol. The Bertz CT molecular complexity index is 877. The molecule has 1 N–H and O–H groups in total. The third kappa shape index (κ3) is 33.6. The van der Waals surface area contributed by atoms with Crippen LogP contribution in [-0.2, 0) is 16.8 Å². The Morgan fingerprint density at radius 2 is 0.760 bits per heavy atom. The molecule has 296 valence electrons. The Morgan fingerprint density at radius 1 is 0.540 bits per heavy atom. The fourth-order valence-corrected chi connectivity index (χ4v) is 6.16. The molecule has 1 aromatic rings. The van der Waals surface area contributed by atoms with Gasteiger partial charge in [0.2, 0.25) is 0 Å². The summed E-state index contributed by atoms with van der Waals surface area (Å²) in [7, 11) is -5.17. The van der Waals surface area contributed by atoms with Crippen LogP contribution in [-0.4, -0.2) is 90.6 Å². The largest absolute Gasteiger partial charge is 0.759 e. The first-order valence-electron chi connectivity index (χ1n) is 20.3. The molecule has 0 atom stereocenters. The smallest absolute Gasteiger partial charge is 0.0991 e. The van der Waals surface area contributed by atoms with E-state index in [9.17, 15) is 0 Å². The van der Waals surface area contributed by atoms with E-state index in [0.29, 0.717) is 12.0 Å². The van der Waals surface area contributed by atoms with Gasteiger partial charge in [0.15, 0.2) is 0 Å². The normalized spacial score (nSPS) is 11.3. The third-order valence-electron chi connectivity index (χ3n) is 9.37. The van der Waals surface area contributed by atoms with Crippen molar-refractivity contribution in [2.24, 2.45) is 0 Å². The lowest BCUT2D eigenvalue weighted by Crippen LogP contribution is -2.50. The molecule has 0 aliphatic rings. The molecule has 0 amide bonds. The molecule has 0 unspecified atom stereocenters. The number of unbranched alkanes of at least 4 members (excludes halogenated alkanes) is 8. The molecule has 0 heterocycles. The van der Waals surface area contributed by atoms with Crippen molar-refractivity contribution in [2.45, 2.75) is 165 Å². The van der Waals surface area contributed by atoms with Gasteiger partial charge in [-0.1, -0.05) is 119 Å². The number of hydrogen-bond acceptors (Lipinski definition) is 6. The minimum atomic E-state index is -5.17. The first-order chi connectivity index (χ1) is 23.8. The minimum Gasteiger partial charge on any atom is -0.759 e. The highest BCUT2D eigenvalue weighted by atomic mass is 32.3. The first-order valence-corrected chi connectivity index (χ1v) is 21.7. The summed E-state index contributed by atoms with van der Waals surface area (Å²) in [6.07, 6.45) is 22.8. The van der Waals surface area contributed by atoms with Crippen molar-refractivity contribution in [3.63, 3.8) is 0 Å². The van der Waals surface area contributed by atoms with Gasteiger partial charge in [-0.25, -0.2) is 0 Å². The van der Waals surface area contributed by atoms with Crippen LogP contribution in [0.4, 0.5) is 0 Å². The van der Waals surface area contributed by atoms with E-state index in [0.717, 1.165) is 5.56 Å². The molecule has 1 aromatic carbocycles. The summed E-state index contributed by atoms with van der Waals surface area (Å²) >= 11 is 0. The lowest BCUT2D eigenvalue weighted by atomic mass is 10.1. The Kier molecular flexibility index (Phi) is 37.9. The number of rotatable bonds is 26. The van der Waals surface area contributed by atoms with Crippen LogP contribution in [0.2, 0.25) is 0 Å². The Hall–Kier alpha value is -1.54. The van der Waals surface area contributed by atoms with E-state index >= 15 is 0 Å². The van der Waals surface area contributed by atoms with E-state index in [1.807, 2.05) is 18.2 Å². The molecule has 0 spiro atoms. The van der Waals surface area contributed by atoms with Crippen molar-refractivity contribution in [2.75, 3.05) is 59.0 Å². The van der Waals surface area contributed by atoms with Gasteiger partial charge in [-0.15, -0.1) is 0 Å². The van der Waals surface area contributed by atoms with Crippen LogP contribution in [0.15, 0.2) is 24.3 Å². The maximum atomic E-state index is 8.58. The fraction of sp³-hybridized carbons (Fsp3) is 0.829. The van der Waals surface area contributed by atoms with Crippen LogP contribution in [0.25, 0.3) is 0 Å². The number of aliphatic hydroxyl groups excluding tert-OH is 1. The first kappa shape index (κ1) is 52.8. The van der Waals surface area contributed by atoms with Crippen LogP contribution in [0.3, 0.4) is 0 Å². The number of quaternary nitrogens is 2. The number of nitrogens with zero attached hydrogens (tertiary/aromatic N) is 3. The molecule has 0 bridgehead atoms. The van der Waals surface area contributed by atoms with Crippen molar-refractivity contribution in [1.29, 1.82) is 5.26 Å². The van der Waals surface area contributed by atoms with Gasteiger partial charge in [0, 0.05) is 17.0 Å². The number of nitriles is 1. The summed E-state index contributed by atoms with van der Waals surface area (Å²) in [4.78, 5) is 0. The highest BCUT2D eigenvalue weighted by Gasteiger charge is 2.25. The molecule has 0 saturated heterocycles. The summed E-state index contributed by atoms with van der Waals surface area (Å²) in [5.41, 5.74) is 1.72. The predicted octanol–water partition coefficient (Wildman–Crippen LogP) is 9.76. The molecule has 50 heavy (non-hydrogen) atoms. The molecule has 0 aliphatic carbocycles. The standard InChI is InChI=1S/2C16H36N.C9H9NO.H2O4S/c2*1-5-9-13-17(14-10-6-2,15-11-7-3)16-12-8-4;10-7-9-3-1-8(2-4-9)5-6-11;1-5(2,3)4/h2*5-16H2,1-4H3;1-4,11H,5-6H2;(H2,1,2,3,4)/q2*+1;;/p-2. The molecule has 0 aromatic heterocycles. The molecular weight excluding hydrogens is 647 g/mol. The molecule has 0 aliphatic heterocycles. The van der Waals surface area contributed by atoms with Crippen LogP contribution < -0.4 is 0 Å². The molecule has 9 heteroatoms. The zero-order valence-corrected chi connectivity index (χ0v) is 34.8. The summed E-state index contributed by atoms with van der Waals surface area (Å²) in [6.45, 7) is 30.2. The van der Waals surface area contributed by atoms with Gasteiger partial charge in [-0.2, -0.15) is 5.26 Å². The maximum Gasteiger partial charge on any atom is 0.0991 e. The molecule has 0 radical (unpaired) electrons. The Balaban J connectivity index is -0.000000630.